The maximum Gasteiger partial charge on any atom is 0.357 e. The second kappa shape index (κ2) is 3.82. The first-order valence-electron chi connectivity index (χ1n) is 4.23. The molecule has 6 heteroatoms. The number of hydrogen-bond acceptors (Lipinski definition) is 5. The summed E-state index contributed by atoms with van der Waals surface area (Å²) >= 11 is 1.47. The molecule has 0 atom stereocenters. The third-order valence-electron chi connectivity index (χ3n) is 2.03. The van der Waals surface area contributed by atoms with Crippen molar-refractivity contribution in [1.29, 1.82) is 0 Å². The van der Waals surface area contributed by atoms with Crippen LogP contribution >= 0.6 is 11.3 Å². The Bertz CT molecular complexity index is 476. The second-order valence-corrected chi connectivity index (χ2v) is 3.61. The van der Waals surface area contributed by atoms with Gasteiger partial charge in [-0.1, -0.05) is 0 Å². The number of carbonyl (C=O) groups excluding carboxylic acids is 1. The molecule has 0 aliphatic carbocycles. The normalized spacial score (nSPS) is 10.3. The number of rotatable bonds is 2. The molecule has 2 aromatic rings. The molecular formula is C9H9N3O2S. The van der Waals surface area contributed by atoms with Crippen LogP contribution < -0.4 is 0 Å². The predicted molar refractivity (Wildman–Crippen MR) is 55.7 cm³/mol. The van der Waals surface area contributed by atoms with Crippen molar-refractivity contribution in [1.82, 2.24) is 14.8 Å². The number of hydrogen-bond donors (Lipinski definition) is 0. The highest BCUT2D eigenvalue weighted by molar-refractivity contribution is 7.07. The third kappa shape index (κ3) is 1.63. The maximum atomic E-state index is 11.5. The van der Waals surface area contributed by atoms with E-state index in [1.165, 1.54) is 23.1 Å². The van der Waals surface area contributed by atoms with Gasteiger partial charge in [0.1, 0.15) is 0 Å². The minimum Gasteiger partial charge on any atom is -0.464 e. The number of carbonyl (C=O) groups is 1. The average molecular weight is 223 g/mol. The van der Waals surface area contributed by atoms with Crippen LogP contribution in [0.2, 0.25) is 0 Å². The molecule has 0 amide bonds. The third-order valence-corrected chi connectivity index (χ3v) is 2.61. The lowest BCUT2D eigenvalue weighted by molar-refractivity contribution is 0.0589. The average Bonchev–Trinajstić information content (AvgIpc) is 2.85. The molecule has 2 heterocycles. The van der Waals surface area contributed by atoms with Gasteiger partial charge in [-0.3, -0.25) is 4.68 Å². The number of methoxy groups -OCH3 is 1. The van der Waals surface area contributed by atoms with Crippen LogP contribution in [0.4, 0.5) is 0 Å². The molecule has 0 fully saturated rings. The van der Waals surface area contributed by atoms with Crippen LogP contribution in [0, 0.1) is 0 Å². The first-order chi connectivity index (χ1) is 7.24. The van der Waals surface area contributed by atoms with Crippen molar-refractivity contribution in [3.05, 3.63) is 22.8 Å². The van der Waals surface area contributed by atoms with Crippen molar-refractivity contribution in [3.8, 4) is 11.3 Å². The molecule has 0 aromatic carbocycles. The Morgan fingerprint density at radius 1 is 1.60 bits per heavy atom. The molecule has 0 radical (unpaired) electrons. The molecule has 78 valence electrons. The highest BCUT2D eigenvalue weighted by atomic mass is 32.1. The van der Waals surface area contributed by atoms with E-state index in [-0.39, 0.29) is 0 Å². The van der Waals surface area contributed by atoms with E-state index in [4.69, 9.17) is 0 Å². The fraction of sp³-hybridized carbons (Fsp3) is 0.222. The Hall–Kier alpha value is -1.69. The Morgan fingerprint density at radius 2 is 2.40 bits per heavy atom. The molecule has 0 bridgehead atoms. The summed E-state index contributed by atoms with van der Waals surface area (Å²) in [5.41, 5.74) is 3.58. The lowest BCUT2D eigenvalue weighted by atomic mass is 10.2. The molecule has 15 heavy (non-hydrogen) atoms. The highest BCUT2D eigenvalue weighted by Crippen LogP contribution is 2.23. The van der Waals surface area contributed by atoms with Gasteiger partial charge in [-0.2, -0.15) is 5.10 Å². The lowest BCUT2D eigenvalue weighted by Crippen LogP contribution is -2.09. The fourth-order valence-electron chi connectivity index (χ4n) is 1.31. The van der Waals surface area contributed by atoms with Crippen molar-refractivity contribution in [3.63, 3.8) is 0 Å². The number of thiazole rings is 1. The largest absolute Gasteiger partial charge is 0.464 e. The molecular weight excluding hydrogens is 214 g/mol. The summed E-state index contributed by atoms with van der Waals surface area (Å²) < 4.78 is 6.18. The molecule has 0 saturated carbocycles. The minimum atomic E-state index is -0.405. The molecule has 0 N–H and O–H groups in total. The zero-order valence-electron chi connectivity index (χ0n) is 8.30. The van der Waals surface area contributed by atoms with Gasteiger partial charge in [-0.15, -0.1) is 11.3 Å². The van der Waals surface area contributed by atoms with Crippen molar-refractivity contribution >= 4 is 17.3 Å². The van der Waals surface area contributed by atoms with Gasteiger partial charge in [0.15, 0.2) is 5.69 Å². The lowest BCUT2D eigenvalue weighted by Gasteiger charge is -2.01. The standard InChI is InChI=1S/C9H9N3O2S/c1-12-8(9(13)14-2)6(3-11-12)7-4-15-5-10-7/h3-5H,1-2H3. The molecule has 0 saturated heterocycles. The summed E-state index contributed by atoms with van der Waals surface area (Å²) in [4.78, 5) is 15.6. The first kappa shape index (κ1) is 9.85. The zero-order chi connectivity index (χ0) is 10.8. The van der Waals surface area contributed by atoms with E-state index in [9.17, 15) is 4.79 Å². The van der Waals surface area contributed by atoms with Crippen LogP contribution in [0.1, 0.15) is 10.5 Å². The van der Waals surface area contributed by atoms with Gasteiger partial charge in [0.25, 0.3) is 0 Å². The Morgan fingerprint density at radius 3 is 3.00 bits per heavy atom. The Labute approximate surface area is 90.3 Å². The summed E-state index contributed by atoms with van der Waals surface area (Å²) in [6, 6.07) is 0. The van der Waals surface area contributed by atoms with E-state index >= 15 is 0 Å². The van der Waals surface area contributed by atoms with Crippen molar-refractivity contribution in [2.75, 3.05) is 7.11 Å². The van der Waals surface area contributed by atoms with Crippen LogP contribution in [0.3, 0.4) is 0 Å². The summed E-state index contributed by atoms with van der Waals surface area (Å²) in [6.07, 6.45) is 1.61. The van der Waals surface area contributed by atoms with Crippen molar-refractivity contribution in [2.45, 2.75) is 0 Å². The van der Waals surface area contributed by atoms with Gasteiger partial charge < -0.3 is 4.74 Å². The van der Waals surface area contributed by atoms with E-state index in [1.54, 1.807) is 18.8 Å². The fourth-order valence-corrected chi connectivity index (χ4v) is 1.86. The maximum absolute atomic E-state index is 11.5. The number of aromatic nitrogens is 3. The number of nitrogens with zero attached hydrogens (tertiary/aromatic N) is 3. The van der Waals surface area contributed by atoms with Gasteiger partial charge in [0, 0.05) is 12.4 Å². The zero-order valence-corrected chi connectivity index (χ0v) is 9.11. The van der Waals surface area contributed by atoms with Gasteiger partial charge in [-0.05, 0) is 0 Å². The number of esters is 1. The van der Waals surface area contributed by atoms with E-state index in [1.807, 2.05) is 5.38 Å². The second-order valence-electron chi connectivity index (χ2n) is 2.90. The van der Waals surface area contributed by atoms with Gasteiger partial charge in [0.2, 0.25) is 0 Å². The minimum absolute atomic E-state index is 0.405. The summed E-state index contributed by atoms with van der Waals surface area (Å²) in [5.74, 6) is -0.405. The molecule has 5 nitrogen and oxygen atoms in total. The quantitative estimate of drug-likeness (QED) is 0.721. The summed E-state index contributed by atoms with van der Waals surface area (Å²) in [6.45, 7) is 0. The highest BCUT2D eigenvalue weighted by Gasteiger charge is 2.19. The molecule has 2 rings (SSSR count). The Balaban J connectivity index is 2.54. The SMILES string of the molecule is COC(=O)c1c(-c2cscn2)cnn1C. The van der Waals surface area contributed by atoms with E-state index < -0.39 is 5.97 Å². The first-order valence-corrected chi connectivity index (χ1v) is 5.17. The number of ether oxygens (including phenoxy) is 1. The predicted octanol–water partition coefficient (Wildman–Crippen LogP) is 1.33. The van der Waals surface area contributed by atoms with Crippen LogP contribution in [0.5, 0.6) is 0 Å². The topological polar surface area (TPSA) is 57.0 Å². The molecule has 0 aliphatic heterocycles. The summed E-state index contributed by atoms with van der Waals surface area (Å²) in [5, 5.41) is 5.89. The van der Waals surface area contributed by atoms with E-state index in [2.05, 4.69) is 14.8 Å². The monoisotopic (exact) mass is 223 g/mol. The van der Waals surface area contributed by atoms with Crippen molar-refractivity contribution < 1.29 is 9.53 Å². The molecule has 0 aliphatic rings. The Kier molecular flexibility index (Phi) is 2.51. The van der Waals surface area contributed by atoms with E-state index in [0.29, 0.717) is 11.3 Å². The smallest absolute Gasteiger partial charge is 0.357 e. The van der Waals surface area contributed by atoms with Crippen LogP contribution in [0.15, 0.2) is 17.1 Å². The van der Waals surface area contributed by atoms with Gasteiger partial charge in [0.05, 0.1) is 30.1 Å². The van der Waals surface area contributed by atoms with Gasteiger partial charge >= 0.3 is 5.97 Å². The van der Waals surface area contributed by atoms with Crippen molar-refractivity contribution in [2.24, 2.45) is 7.05 Å². The number of aryl methyl sites for hydroxylation is 1. The summed E-state index contributed by atoms with van der Waals surface area (Å²) in [7, 11) is 3.04. The van der Waals surface area contributed by atoms with E-state index in [0.717, 1.165) is 5.69 Å². The van der Waals surface area contributed by atoms with Crippen LogP contribution in [-0.2, 0) is 11.8 Å². The molecule has 0 unspecified atom stereocenters. The van der Waals surface area contributed by atoms with Crippen LogP contribution in [0.25, 0.3) is 11.3 Å². The molecule has 2 aromatic heterocycles. The van der Waals surface area contributed by atoms with Gasteiger partial charge in [-0.25, -0.2) is 9.78 Å². The molecule has 0 spiro atoms. The van der Waals surface area contributed by atoms with Crippen LogP contribution in [-0.4, -0.2) is 27.8 Å².